The van der Waals surface area contributed by atoms with Crippen molar-refractivity contribution in [2.24, 2.45) is 0 Å². The van der Waals surface area contributed by atoms with E-state index in [1.807, 2.05) is 0 Å². The van der Waals surface area contributed by atoms with E-state index in [-0.39, 0.29) is 12.5 Å². The number of amides is 2. The molecule has 2 N–H and O–H groups in total. The smallest absolute Gasteiger partial charge is 0.407 e. The lowest BCUT2D eigenvalue weighted by atomic mass is 10.2. The Hall–Kier alpha value is -2.30. The number of carbonyl (C=O) groups is 2. The lowest BCUT2D eigenvalue weighted by Crippen LogP contribution is -2.39. The second-order valence-electron chi connectivity index (χ2n) is 6.96. The first-order valence-electron chi connectivity index (χ1n) is 10.9. The average molecular weight is 405 g/mol. The van der Waals surface area contributed by atoms with Gasteiger partial charge in [0.25, 0.3) is 0 Å². The number of allylic oxidation sites excluding steroid dienone is 8. The molecule has 0 rings (SSSR count). The fraction of sp³-hybridized carbons (Fsp3) is 0.583. The summed E-state index contributed by atoms with van der Waals surface area (Å²) >= 11 is 0. The molecule has 0 saturated carbocycles. The van der Waals surface area contributed by atoms with Crippen LogP contribution in [0.2, 0.25) is 0 Å². The second kappa shape index (κ2) is 20.4. The summed E-state index contributed by atoms with van der Waals surface area (Å²) in [6.07, 6.45) is 27.1. The van der Waals surface area contributed by atoms with E-state index in [0.29, 0.717) is 6.54 Å². The highest BCUT2D eigenvalue weighted by Crippen LogP contribution is 2.02. The molecule has 0 radical (unpaired) electrons. The minimum absolute atomic E-state index is 0.101. The number of hydrogen-bond acceptors (Lipinski definition) is 2. The number of hydrogen-bond donors (Lipinski definition) is 2. The summed E-state index contributed by atoms with van der Waals surface area (Å²) in [4.78, 5) is 23.5. The van der Waals surface area contributed by atoms with Crippen LogP contribution < -0.4 is 5.32 Å². The first kappa shape index (κ1) is 26.7. The van der Waals surface area contributed by atoms with Crippen molar-refractivity contribution in [3.05, 3.63) is 48.6 Å². The van der Waals surface area contributed by atoms with Crippen molar-refractivity contribution < 1.29 is 14.7 Å². The predicted octanol–water partition coefficient (Wildman–Crippen LogP) is 5.86. The Balaban J connectivity index is 3.66. The topological polar surface area (TPSA) is 69.6 Å². The van der Waals surface area contributed by atoms with Crippen LogP contribution in [0.25, 0.3) is 0 Å². The number of nitrogens with one attached hydrogen (secondary N) is 1. The molecule has 0 aromatic carbocycles. The number of nitrogens with zero attached hydrogens (tertiary/aromatic N) is 1. The molecule has 0 saturated heterocycles. The average Bonchev–Trinajstić information content (AvgIpc) is 2.71. The van der Waals surface area contributed by atoms with Gasteiger partial charge in [-0.3, -0.25) is 9.69 Å². The maximum Gasteiger partial charge on any atom is 0.407 e. The molecule has 0 unspecified atom stereocenters. The van der Waals surface area contributed by atoms with Crippen molar-refractivity contribution in [1.29, 1.82) is 0 Å². The third-order valence-corrected chi connectivity index (χ3v) is 4.39. The number of carbonyl (C=O) groups excluding carboxylic acids is 1. The lowest BCUT2D eigenvalue weighted by Gasteiger charge is -2.17. The maximum atomic E-state index is 11.3. The molecular formula is C24H40N2O3. The number of rotatable bonds is 17. The van der Waals surface area contributed by atoms with Gasteiger partial charge in [-0.1, -0.05) is 68.4 Å². The van der Waals surface area contributed by atoms with E-state index in [2.05, 4.69) is 60.8 Å². The summed E-state index contributed by atoms with van der Waals surface area (Å²) in [6, 6.07) is 0. The molecule has 0 bridgehead atoms. The molecule has 5 nitrogen and oxygen atoms in total. The molecule has 5 heteroatoms. The van der Waals surface area contributed by atoms with Gasteiger partial charge in [0, 0.05) is 13.6 Å². The molecule has 0 aromatic heterocycles. The van der Waals surface area contributed by atoms with Gasteiger partial charge in [0.2, 0.25) is 5.91 Å². The quantitative estimate of drug-likeness (QED) is 0.236. The van der Waals surface area contributed by atoms with Crippen LogP contribution in [0.5, 0.6) is 0 Å². The van der Waals surface area contributed by atoms with Gasteiger partial charge in [-0.2, -0.15) is 0 Å². The number of likely N-dealkylation sites (N-methyl/N-ethyl adjacent to an activating group) is 1. The zero-order valence-electron chi connectivity index (χ0n) is 18.3. The molecule has 164 valence electrons. The van der Waals surface area contributed by atoms with Gasteiger partial charge in [-0.15, -0.1) is 0 Å². The van der Waals surface area contributed by atoms with Crippen molar-refractivity contribution in [2.75, 3.05) is 20.1 Å². The van der Waals surface area contributed by atoms with Crippen LogP contribution in [-0.4, -0.2) is 42.1 Å². The van der Waals surface area contributed by atoms with E-state index >= 15 is 0 Å². The monoisotopic (exact) mass is 404 g/mol. The van der Waals surface area contributed by atoms with Crippen molar-refractivity contribution in [3.63, 3.8) is 0 Å². The highest BCUT2D eigenvalue weighted by molar-refractivity contribution is 5.81. The molecule has 0 fully saturated rings. The summed E-state index contributed by atoms with van der Waals surface area (Å²) in [5, 5.41) is 11.5. The van der Waals surface area contributed by atoms with Crippen molar-refractivity contribution >= 4 is 12.0 Å². The van der Waals surface area contributed by atoms with Crippen LogP contribution in [0, 0.1) is 0 Å². The Labute approximate surface area is 177 Å². The molecule has 0 heterocycles. The van der Waals surface area contributed by atoms with Gasteiger partial charge in [0.05, 0.1) is 0 Å². The highest BCUT2D eigenvalue weighted by Gasteiger charge is 2.14. The van der Waals surface area contributed by atoms with Crippen LogP contribution in [0.1, 0.15) is 71.1 Å². The molecule has 0 aliphatic heterocycles. The van der Waals surface area contributed by atoms with Gasteiger partial charge in [0.15, 0.2) is 0 Å². The van der Waals surface area contributed by atoms with Crippen LogP contribution in [0.15, 0.2) is 48.6 Å². The molecule has 0 atom stereocenters. The van der Waals surface area contributed by atoms with Gasteiger partial charge >= 0.3 is 6.09 Å². The molecule has 0 aliphatic carbocycles. The fourth-order valence-corrected chi connectivity index (χ4v) is 2.62. The zero-order chi connectivity index (χ0) is 21.6. The van der Waals surface area contributed by atoms with Crippen LogP contribution in [0.4, 0.5) is 4.79 Å². The van der Waals surface area contributed by atoms with Gasteiger partial charge in [-0.05, 0) is 51.4 Å². The fourth-order valence-electron chi connectivity index (χ4n) is 2.62. The first-order chi connectivity index (χ1) is 14.1. The standard InChI is InChI=1S/C24H40N2O3/c1-3-4-5-6-7-8-9-10-11-12-13-14-15-16-17-18-19-20-21-26(24(28)29)22-23(27)25-2/h7-8,10-11,13-14,16-17H,3-6,9,12,15,18-22H2,1-2H3,(H,25,27)(H,28,29). The Kier molecular flexibility index (Phi) is 18.8. The zero-order valence-corrected chi connectivity index (χ0v) is 18.3. The summed E-state index contributed by atoms with van der Waals surface area (Å²) in [5.74, 6) is -0.284. The Morgan fingerprint density at radius 3 is 1.72 bits per heavy atom. The molecule has 29 heavy (non-hydrogen) atoms. The van der Waals surface area contributed by atoms with Crippen LogP contribution in [-0.2, 0) is 4.79 Å². The summed E-state index contributed by atoms with van der Waals surface area (Å²) in [7, 11) is 1.51. The van der Waals surface area contributed by atoms with E-state index in [9.17, 15) is 9.59 Å². The Morgan fingerprint density at radius 2 is 1.28 bits per heavy atom. The largest absolute Gasteiger partial charge is 0.465 e. The van der Waals surface area contributed by atoms with Crippen LogP contribution in [0.3, 0.4) is 0 Å². The lowest BCUT2D eigenvalue weighted by molar-refractivity contribution is -0.121. The highest BCUT2D eigenvalue weighted by atomic mass is 16.4. The van der Waals surface area contributed by atoms with Crippen molar-refractivity contribution in [2.45, 2.75) is 71.1 Å². The van der Waals surface area contributed by atoms with E-state index in [1.54, 1.807) is 0 Å². The van der Waals surface area contributed by atoms with Crippen molar-refractivity contribution in [3.8, 4) is 0 Å². The molecular weight excluding hydrogens is 364 g/mol. The number of carboxylic acid groups (broad SMARTS) is 1. The van der Waals surface area contributed by atoms with E-state index in [0.717, 1.165) is 43.4 Å². The minimum atomic E-state index is -1.05. The molecule has 0 spiro atoms. The molecule has 0 aromatic rings. The van der Waals surface area contributed by atoms with Gasteiger partial charge in [0.1, 0.15) is 6.54 Å². The summed E-state index contributed by atoms with van der Waals surface area (Å²) in [5.41, 5.74) is 0. The second-order valence-corrected chi connectivity index (χ2v) is 6.96. The van der Waals surface area contributed by atoms with Crippen molar-refractivity contribution in [1.82, 2.24) is 10.2 Å². The normalized spacial score (nSPS) is 11.9. The first-order valence-corrected chi connectivity index (χ1v) is 10.9. The molecule has 0 aliphatic rings. The number of unbranched alkanes of at least 4 members (excludes halogenated alkanes) is 5. The third kappa shape index (κ3) is 18.8. The predicted molar refractivity (Wildman–Crippen MR) is 122 cm³/mol. The Morgan fingerprint density at radius 1 is 0.793 bits per heavy atom. The molecule has 2 amide bonds. The Bertz CT molecular complexity index is 536. The third-order valence-electron chi connectivity index (χ3n) is 4.39. The summed E-state index contributed by atoms with van der Waals surface area (Å²) < 4.78 is 0. The van der Waals surface area contributed by atoms with Gasteiger partial charge in [-0.25, -0.2) is 4.79 Å². The van der Waals surface area contributed by atoms with E-state index < -0.39 is 6.09 Å². The van der Waals surface area contributed by atoms with Gasteiger partial charge < -0.3 is 10.4 Å². The maximum absolute atomic E-state index is 11.3. The van der Waals surface area contributed by atoms with E-state index in [4.69, 9.17) is 5.11 Å². The SMILES string of the molecule is CCCCCC=CCC=CCC=CCC=CCCCCN(CC(=O)NC)C(=O)O. The summed E-state index contributed by atoms with van der Waals surface area (Å²) in [6.45, 7) is 2.51. The van der Waals surface area contributed by atoms with Crippen LogP contribution >= 0.6 is 0 Å². The minimum Gasteiger partial charge on any atom is -0.465 e. The van der Waals surface area contributed by atoms with E-state index in [1.165, 1.54) is 32.7 Å².